The van der Waals surface area contributed by atoms with E-state index in [9.17, 15) is 0 Å². The Bertz CT molecular complexity index is 788. The zero-order valence-electron chi connectivity index (χ0n) is 12.6. The molecular weight excluding hydrogens is 276 g/mol. The highest BCUT2D eigenvalue weighted by Gasteiger charge is 2.19. The highest BCUT2D eigenvalue weighted by atomic mass is 16.5. The van der Waals surface area contributed by atoms with E-state index in [-0.39, 0.29) is 0 Å². The van der Waals surface area contributed by atoms with Crippen LogP contribution in [0.1, 0.15) is 22.3 Å². The number of nitriles is 1. The fourth-order valence-corrected chi connectivity index (χ4v) is 2.70. The summed E-state index contributed by atoms with van der Waals surface area (Å²) < 4.78 is 10.8. The van der Waals surface area contributed by atoms with Crippen LogP contribution in [0, 0.1) is 11.3 Å². The lowest BCUT2D eigenvalue weighted by atomic mass is 9.92. The van der Waals surface area contributed by atoms with Crippen LogP contribution in [0.4, 0.5) is 0 Å². The summed E-state index contributed by atoms with van der Waals surface area (Å²) in [6.45, 7) is 0.731. The molecule has 1 aliphatic rings. The van der Waals surface area contributed by atoms with Gasteiger partial charge in [0, 0.05) is 17.7 Å². The molecule has 1 heterocycles. The first kappa shape index (κ1) is 14.2. The minimum absolute atomic E-state index is 0.632. The highest BCUT2D eigenvalue weighted by Crippen LogP contribution is 2.33. The standard InChI is InChI=1S/C18H16N2O2/c1-21-16-9-13-6-7-20-18(15(13)10-17(16)22-2)14-5-3-4-12(8-14)11-19/h3-5,8-10H,6-7H2,1-2H3. The van der Waals surface area contributed by atoms with E-state index in [1.165, 1.54) is 5.56 Å². The summed E-state index contributed by atoms with van der Waals surface area (Å²) in [4.78, 5) is 4.66. The Morgan fingerprint density at radius 2 is 1.86 bits per heavy atom. The first-order chi connectivity index (χ1) is 10.8. The van der Waals surface area contributed by atoms with Crippen LogP contribution in [0.25, 0.3) is 0 Å². The van der Waals surface area contributed by atoms with Gasteiger partial charge in [-0.05, 0) is 36.2 Å². The minimum atomic E-state index is 0.632. The van der Waals surface area contributed by atoms with Gasteiger partial charge in [0.2, 0.25) is 0 Å². The maximum absolute atomic E-state index is 9.08. The Balaban J connectivity index is 2.13. The van der Waals surface area contributed by atoms with Gasteiger partial charge < -0.3 is 9.47 Å². The average molecular weight is 292 g/mol. The maximum atomic E-state index is 9.08. The van der Waals surface area contributed by atoms with Gasteiger partial charge in [-0.15, -0.1) is 0 Å². The normalized spacial score (nSPS) is 12.9. The predicted octanol–water partition coefficient (Wildman–Crippen LogP) is 2.97. The Labute approximate surface area is 129 Å². The molecule has 0 unspecified atom stereocenters. The van der Waals surface area contributed by atoms with Crippen molar-refractivity contribution < 1.29 is 9.47 Å². The van der Waals surface area contributed by atoms with Crippen LogP contribution < -0.4 is 9.47 Å². The molecule has 0 atom stereocenters. The molecule has 4 nitrogen and oxygen atoms in total. The number of ether oxygens (including phenoxy) is 2. The molecular formula is C18H16N2O2. The number of nitrogens with zero attached hydrogens (tertiary/aromatic N) is 2. The van der Waals surface area contributed by atoms with Gasteiger partial charge in [-0.2, -0.15) is 5.26 Å². The second kappa shape index (κ2) is 5.90. The van der Waals surface area contributed by atoms with Crippen molar-refractivity contribution in [2.45, 2.75) is 6.42 Å². The summed E-state index contributed by atoms with van der Waals surface area (Å²) in [5.74, 6) is 1.42. The molecule has 4 heteroatoms. The van der Waals surface area contributed by atoms with E-state index < -0.39 is 0 Å². The molecule has 2 aromatic rings. The molecule has 0 bridgehead atoms. The molecule has 0 fully saturated rings. The number of methoxy groups -OCH3 is 2. The Kier molecular flexibility index (Phi) is 3.80. The molecule has 2 aromatic carbocycles. The van der Waals surface area contributed by atoms with E-state index in [0.29, 0.717) is 11.3 Å². The van der Waals surface area contributed by atoms with Gasteiger partial charge in [-0.25, -0.2) is 0 Å². The molecule has 0 radical (unpaired) electrons. The zero-order valence-corrected chi connectivity index (χ0v) is 12.6. The SMILES string of the molecule is COc1cc2c(cc1OC)C(c1cccc(C#N)c1)=NCC2. The van der Waals surface area contributed by atoms with Gasteiger partial charge in [-0.1, -0.05) is 12.1 Å². The molecule has 22 heavy (non-hydrogen) atoms. The van der Waals surface area contributed by atoms with E-state index in [4.69, 9.17) is 14.7 Å². The Morgan fingerprint density at radius 3 is 2.59 bits per heavy atom. The quantitative estimate of drug-likeness (QED) is 0.874. The van der Waals surface area contributed by atoms with Crippen LogP contribution in [0.2, 0.25) is 0 Å². The van der Waals surface area contributed by atoms with Crippen molar-refractivity contribution >= 4 is 5.71 Å². The van der Waals surface area contributed by atoms with Crippen LogP contribution in [-0.2, 0) is 6.42 Å². The number of rotatable bonds is 3. The fraction of sp³-hybridized carbons (Fsp3) is 0.222. The number of hydrogen-bond donors (Lipinski definition) is 0. The molecule has 1 aliphatic heterocycles. The summed E-state index contributed by atoms with van der Waals surface area (Å²) in [5.41, 5.74) is 4.71. The largest absolute Gasteiger partial charge is 0.493 e. The van der Waals surface area contributed by atoms with Crippen molar-refractivity contribution in [3.8, 4) is 17.6 Å². The summed E-state index contributed by atoms with van der Waals surface area (Å²) in [6.07, 6.45) is 0.872. The summed E-state index contributed by atoms with van der Waals surface area (Å²) in [5, 5.41) is 9.08. The van der Waals surface area contributed by atoms with Crippen LogP contribution in [0.3, 0.4) is 0 Å². The molecule has 0 spiro atoms. The number of benzene rings is 2. The predicted molar refractivity (Wildman–Crippen MR) is 84.9 cm³/mol. The first-order valence-corrected chi connectivity index (χ1v) is 7.07. The van der Waals surface area contributed by atoms with Crippen molar-refractivity contribution in [2.24, 2.45) is 4.99 Å². The van der Waals surface area contributed by atoms with Gasteiger partial charge >= 0.3 is 0 Å². The zero-order chi connectivity index (χ0) is 15.5. The number of aliphatic imine (C=N–C) groups is 1. The first-order valence-electron chi connectivity index (χ1n) is 7.07. The number of fused-ring (bicyclic) bond motifs is 1. The van der Waals surface area contributed by atoms with E-state index in [1.54, 1.807) is 20.3 Å². The smallest absolute Gasteiger partial charge is 0.161 e. The number of hydrogen-bond acceptors (Lipinski definition) is 4. The third-order valence-corrected chi connectivity index (χ3v) is 3.78. The van der Waals surface area contributed by atoms with E-state index in [0.717, 1.165) is 35.6 Å². The summed E-state index contributed by atoms with van der Waals surface area (Å²) in [6, 6.07) is 13.7. The fourth-order valence-electron chi connectivity index (χ4n) is 2.70. The lowest BCUT2D eigenvalue weighted by molar-refractivity contribution is 0.354. The lowest BCUT2D eigenvalue weighted by Crippen LogP contribution is -2.15. The van der Waals surface area contributed by atoms with Crippen LogP contribution in [-0.4, -0.2) is 26.5 Å². The van der Waals surface area contributed by atoms with Gasteiger partial charge in [-0.3, -0.25) is 4.99 Å². The van der Waals surface area contributed by atoms with Gasteiger partial charge in [0.1, 0.15) is 0 Å². The molecule has 0 amide bonds. The van der Waals surface area contributed by atoms with Gasteiger partial charge in [0.25, 0.3) is 0 Å². The monoisotopic (exact) mass is 292 g/mol. The minimum Gasteiger partial charge on any atom is -0.493 e. The van der Waals surface area contributed by atoms with Crippen LogP contribution in [0.5, 0.6) is 11.5 Å². The highest BCUT2D eigenvalue weighted by molar-refractivity contribution is 6.14. The van der Waals surface area contributed by atoms with Crippen molar-refractivity contribution in [2.75, 3.05) is 20.8 Å². The average Bonchev–Trinajstić information content (AvgIpc) is 2.59. The molecule has 0 saturated heterocycles. The molecule has 0 aromatic heterocycles. The lowest BCUT2D eigenvalue weighted by Gasteiger charge is -2.20. The molecule has 0 saturated carbocycles. The third kappa shape index (κ3) is 2.42. The van der Waals surface area contributed by atoms with E-state index in [2.05, 4.69) is 11.1 Å². The Morgan fingerprint density at radius 1 is 1.09 bits per heavy atom. The summed E-state index contributed by atoms with van der Waals surface area (Å²) in [7, 11) is 3.26. The van der Waals surface area contributed by atoms with E-state index >= 15 is 0 Å². The second-order valence-corrected chi connectivity index (χ2v) is 5.04. The molecule has 0 N–H and O–H groups in total. The van der Waals surface area contributed by atoms with Crippen molar-refractivity contribution in [1.82, 2.24) is 0 Å². The van der Waals surface area contributed by atoms with Crippen molar-refractivity contribution in [1.29, 1.82) is 5.26 Å². The van der Waals surface area contributed by atoms with Crippen molar-refractivity contribution in [3.05, 3.63) is 58.7 Å². The topological polar surface area (TPSA) is 54.6 Å². The maximum Gasteiger partial charge on any atom is 0.161 e. The second-order valence-electron chi connectivity index (χ2n) is 5.04. The molecule has 3 rings (SSSR count). The summed E-state index contributed by atoms with van der Waals surface area (Å²) >= 11 is 0. The van der Waals surface area contributed by atoms with Crippen molar-refractivity contribution in [3.63, 3.8) is 0 Å². The van der Waals surface area contributed by atoms with Crippen LogP contribution in [0.15, 0.2) is 41.4 Å². The Hall–Kier alpha value is -2.80. The van der Waals surface area contributed by atoms with Gasteiger partial charge in [0.15, 0.2) is 11.5 Å². The van der Waals surface area contributed by atoms with Crippen LogP contribution >= 0.6 is 0 Å². The third-order valence-electron chi connectivity index (χ3n) is 3.78. The molecule has 110 valence electrons. The molecule has 0 aliphatic carbocycles. The van der Waals surface area contributed by atoms with Gasteiger partial charge in [0.05, 0.1) is 31.6 Å². The van der Waals surface area contributed by atoms with E-state index in [1.807, 2.05) is 30.3 Å².